The molecule has 0 radical (unpaired) electrons. The van der Waals surface area contributed by atoms with Crippen LogP contribution in [0, 0.1) is 6.92 Å². The smallest absolute Gasteiger partial charge is 0.174 e. The third kappa shape index (κ3) is 4.23. The van der Waals surface area contributed by atoms with Crippen molar-refractivity contribution in [2.24, 2.45) is 0 Å². The molecule has 0 spiro atoms. The zero-order valence-corrected chi connectivity index (χ0v) is 21.2. The molecule has 5 rings (SSSR count). The molecular weight excluding hydrogens is 454 g/mol. The Kier molecular flexibility index (Phi) is 6.17. The molecule has 178 valence electrons. The second kappa shape index (κ2) is 9.43. The average Bonchev–Trinajstić information content (AvgIpc) is 3.43. The standard InChI is InChI=1S/C28H29N5OS/c1-19-8-17-25(32(19)21-13-15-23(34-4)16-14-21)27-26(24-7-5-6-18-29-24)30-28(35)33(27)22-11-9-20(10-12-22)31(2)3/h5-18,26-27H,1-4H3,(H,30,35)/t26-,27-/m0/s1. The van der Waals surface area contributed by atoms with Crippen LogP contribution in [0.3, 0.4) is 0 Å². The molecular formula is C28H29N5OS. The highest BCUT2D eigenvalue weighted by Gasteiger charge is 2.42. The van der Waals surface area contributed by atoms with Crippen LogP contribution in [0.5, 0.6) is 5.75 Å². The average molecular weight is 484 g/mol. The summed E-state index contributed by atoms with van der Waals surface area (Å²) in [5.41, 5.74) is 6.48. The lowest BCUT2D eigenvalue weighted by molar-refractivity contribution is 0.414. The van der Waals surface area contributed by atoms with Crippen LogP contribution in [-0.4, -0.2) is 35.9 Å². The van der Waals surface area contributed by atoms with Crippen molar-refractivity contribution >= 4 is 28.7 Å². The van der Waals surface area contributed by atoms with Gasteiger partial charge in [0.1, 0.15) is 11.8 Å². The minimum Gasteiger partial charge on any atom is -0.497 e. The highest BCUT2D eigenvalue weighted by Crippen LogP contribution is 2.43. The van der Waals surface area contributed by atoms with E-state index in [-0.39, 0.29) is 12.1 Å². The predicted molar refractivity (Wildman–Crippen MR) is 146 cm³/mol. The van der Waals surface area contributed by atoms with E-state index in [1.807, 2.05) is 44.6 Å². The van der Waals surface area contributed by atoms with Crippen LogP contribution in [0.15, 0.2) is 85.1 Å². The van der Waals surface area contributed by atoms with Crippen LogP contribution in [-0.2, 0) is 0 Å². The molecule has 7 heteroatoms. The van der Waals surface area contributed by atoms with E-state index >= 15 is 0 Å². The van der Waals surface area contributed by atoms with E-state index < -0.39 is 0 Å². The molecule has 6 nitrogen and oxygen atoms in total. The molecule has 1 aliphatic heterocycles. The quantitative estimate of drug-likeness (QED) is 0.369. The van der Waals surface area contributed by atoms with Gasteiger partial charge in [0.05, 0.1) is 18.8 Å². The molecule has 0 saturated carbocycles. The number of rotatable bonds is 6. The van der Waals surface area contributed by atoms with Crippen molar-refractivity contribution in [3.05, 3.63) is 102 Å². The summed E-state index contributed by atoms with van der Waals surface area (Å²) in [7, 11) is 5.77. The zero-order valence-electron chi connectivity index (χ0n) is 20.3. The minimum atomic E-state index is -0.108. The van der Waals surface area contributed by atoms with Crippen LogP contribution < -0.4 is 19.9 Å². The number of hydrogen-bond donors (Lipinski definition) is 1. The first kappa shape index (κ1) is 22.9. The zero-order chi connectivity index (χ0) is 24.5. The first-order valence-electron chi connectivity index (χ1n) is 11.6. The van der Waals surface area contributed by atoms with Crippen LogP contribution in [0.4, 0.5) is 11.4 Å². The Morgan fingerprint density at radius 2 is 1.63 bits per heavy atom. The lowest BCUT2D eigenvalue weighted by Crippen LogP contribution is -2.30. The molecule has 2 atom stereocenters. The number of aryl methyl sites for hydroxylation is 1. The van der Waals surface area contributed by atoms with Gasteiger partial charge in [0, 0.05) is 48.7 Å². The summed E-state index contributed by atoms with van der Waals surface area (Å²) in [6.07, 6.45) is 1.83. The van der Waals surface area contributed by atoms with E-state index in [4.69, 9.17) is 17.0 Å². The maximum Gasteiger partial charge on any atom is 0.174 e. The van der Waals surface area contributed by atoms with Crippen molar-refractivity contribution in [3.8, 4) is 11.4 Å². The minimum absolute atomic E-state index is 0.0987. The first-order chi connectivity index (χ1) is 17.0. The number of hydrogen-bond acceptors (Lipinski definition) is 4. The van der Waals surface area contributed by atoms with Gasteiger partial charge < -0.3 is 24.4 Å². The van der Waals surface area contributed by atoms with Gasteiger partial charge in [0.25, 0.3) is 0 Å². The number of methoxy groups -OCH3 is 1. The number of thiocarbonyl (C=S) groups is 1. The Balaban J connectivity index is 1.65. The number of aromatic nitrogens is 2. The summed E-state index contributed by atoms with van der Waals surface area (Å²) in [5, 5.41) is 4.25. The fourth-order valence-electron chi connectivity index (χ4n) is 4.72. The summed E-state index contributed by atoms with van der Waals surface area (Å²) in [6.45, 7) is 2.13. The molecule has 35 heavy (non-hydrogen) atoms. The van der Waals surface area contributed by atoms with Gasteiger partial charge in [0.2, 0.25) is 0 Å². The second-order valence-corrected chi connectivity index (χ2v) is 9.23. The van der Waals surface area contributed by atoms with Crippen molar-refractivity contribution in [2.75, 3.05) is 31.0 Å². The molecule has 2 aromatic carbocycles. The van der Waals surface area contributed by atoms with Crippen LogP contribution in [0.25, 0.3) is 5.69 Å². The van der Waals surface area contributed by atoms with E-state index in [1.54, 1.807) is 7.11 Å². The van der Waals surface area contributed by atoms with E-state index in [9.17, 15) is 0 Å². The van der Waals surface area contributed by atoms with E-state index in [2.05, 4.69) is 86.2 Å². The van der Waals surface area contributed by atoms with E-state index in [0.717, 1.165) is 39.9 Å². The third-order valence-electron chi connectivity index (χ3n) is 6.48. The Bertz CT molecular complexity index is 1320. The number of nitrogens with one attached hydrogen (secondary N) is 1. The van der Waals surface area contributed by atoms with Crippen LogP contribution in [0.2, 0.25) is 0 Å². The fraction of sp³-hybridized carbons (Fsp3) is 0.214. The van der Waals surface area contributed by atoms with Crippen molar-refractivity contribution in [2.45, 2.75) is 19.0 Å². The molecule has 1 N–H and O–H groups in total. The molecule has 0 unspecified atom stereocenters. The van der Waals surface area contributed by atoms with Crippen molar-refractivity contribution in [1.82, 2.24) is 14.9 Å². The van der Waals surface area contributed by atoms with Gasteiger partial charge in [-0.05, 0) is 91.9 Å². The molecule has 0 amide bonds. The summed E-state index contributed by atoms with van der Waals surface area (Å²) in [4.78, 5) is 8.99. The van der Waals surface area contributed by atoms with Gasteiger partial charge in [-0.3, -0.25) is 4.98 Å². The Morgan fingerprint density at radius 1 is 0.914 bits per heavy atom. The third-order valence-corrected chi connectivity index (χ3v) is 6.80. The summed E-state index contributed by atoms with van der Waals surface area (Å²) < 4.78 is 7.67. The van der Waals surface area contributed by atoms with E-state index in [1.165, 1.54) is 0 Å². The Labute approximate surface area is 211 Å². The number of pyridine rings is 1. The summed E-state index contributed by atoms with van der Waals surface area (Å²) in [6, 6.07) is 26.8. The molecule has 4 aromatic rings. The highest BCUT2D eigenvalue weighted by molar-refractivity contribution is 7.80. The normalized spacial score (nSPS) is 17.4. The molecule has 2 aromatic heterocycles. The van der Waals surface area contributed by atoms with Gasteiger partial charge >= 0.3 is 0 Å². The summed E-state index contributed by atoms with van der Waals surface area (Å²) in [5.74, 6) is 0.831. The lowest BCUT2D eigenvalue weighted by atomic mass is 10.0. The van der Waals surface area contributed by atoms with Gasteiger partial charge in [-0.25, -0.2) is 0 Å². The Hall–Kier alpha value is -3.84. The SMILES string of the molecule is COc1ccc(-n2c(C)ccc2[C@H]2[C@H](c3ccccn3)NC(=S)N2c2ccc(N(C)C)cc2)cc1. The maximum atomic E-state index is 5.91. The molecule has 1 fully saturated rings. The van der Waals surface area contributed by atoms with Crippen LogP contribution >= 0.6 is 12.2 Å². The van der Waals surface area contributed by atoms with Gasteiger partial charge in [-0.1, -0.05) is 6.07 Å². The van der Waals surface area contributed by atoms with Crippen molar-refractivity contribution in [3.63, 3.8) is 0 Å². The number of ether oxygens (including phenoxy) is 1. The summed E-state index contributed by atoms with van der Waals surface area (Å²) >= 11 is 5.91. The fourth-order valence-corrected chi connectivity index (χ4v) is 5.06. The molecule has 0 bridgehead atoms. The highest BCUT2D eigenvalue weighted by atomic mass is 32.1. The molecule has 3 heterocycles. The lowest BCUT2D eigenvalue weighted by Gasteiger charge is -2.29. The monoisotopic (exact) mass is 483 g/mol. The number of nitrogens with zero attached hydrogens (tertiary/aromatic N) is 4. The molecule has 1 saturated heterocycles. The van der Waals surface area contributed by atoms with Crippen molar-refractivity contribution in [1.29, 1.82) is 0 Å². The number of benzene rings is 2. The first-order valence-corrected chi connectivity index (χ1v) is 12.0. The van der Waals surface area contributed by atoms with Gasteiger partial charge in [-0.2, -0.15) is 0 Å². The molecule has 0 aliphatic carbocycles. The largest absolute Gasteiger partial charge is 0.497 e. The van der Waals surface area contributed by atoms with Gasteiger partial charge in [0.15, 0.2) is 5.11 Å². The second-order valence-electron chi connectivity index (χ2n) is 8.84. The Morgan fingerprint density at radius 3 is 2.26 bits per heavy atom. The maximum absolute atomic E-state index is 5.91. The van der Waals surface area contributed by atoms with E-state index in [0.29, 0.717) is 5.11 Å². The van der Waals surface area contributed by atoms with Crippen molar-refractivity contribution < 1.29 is 4.74 Å². The van der Waals surface area contributed by atoms with Crippen LogP contribution in [0.1, 0.15) is 29.2 Å². The molecule has 1 aliphatic rings. The number of anilines is 2. The predicted octanol–water partition coefficient (Wildman–Crippen LogP) is 5.43. The van der Waals surface area contributed by atoms with Gasteiger partial charge in [-0.15, -0.1) is 0 Å². The topological polar surface area (TPSA) is 45.6 Å².